The third-order valence-electron chi connectivity index (χ3n) is 4.62. The Morgan fingerprint density at radius 1 is 1.17 bits per heavy atom. The molecule has 1 amide bonds. The zero-order chi connectivity index (χ0) is 21.1. The molecule has 1 fully saturated rings. The molecule has 3 aromatic rings. The second kappa shape index (κ2) is 8.21. The lowest BCUT2D eigenvalue weighted by atomic mass is 10.1. The Hall–Kier alpha value is -3.30. The van der Waals surface area contributed by atoms with Gasteiger partial charge in [-0.2, -0.15) is 0 Å². The van der Waals surface area contributed by atoms with Gasteiger partial charge in [0.1, 0.15) is 0 Å². The summed E-state index contributed by atoms with van der Waals surface area (Å²) in [5, 5.41) is 10.3. The van der Waals surface area contributed by atoms with Crippen molar-refractivity contribution in [2.24, 2.45) is 0 Å². The number of aryl methyl sites for hydroxylation is 1. The number of anilines is 1. The molecule has 1 heterocycles. The van der Waals surface area contributed by atoms with Gasteiger partial charge in [0.15, 0.2) is 0 Å². The third kappa shape index (κ3) is 4.81. The molecule has 2 N–H and O–H groups in total. The lowest BCUT2D eigenvalue weighted by Crippen LogP contribution is -2.25. The maximum absolute atomic E-state index is 12.3. The Kier molecular flexibility index (Phi) is 5.47. The fourth-order valence-electron chi connectivity index (χ4n) is 2.78. The first kappa shape index (κ1) is 20.0. The van der Waals surface area contributed by atoms with Crippen molar-refractivity contribution < 1.29 is 17.6 Å². The molecule has 154 valence electrons. The molecular weight excluding hydrogens is 404 g/mol. The Bertz CT molecular complexity index is 1180. The number of carbonyl (C=O) groups excluding carboxylic acids is 1. The van der Waals surface area contributed by atoms with E-state index in [1.165, 1.54) is 24.6 Å². The normalized spacial score (nSPS) is 14.2. The van der Waals surface area contributed by atoms with Gasteiger partial charge >= 0.3 is 0 Å². The zero-order valence-corrected chi connectivity index (χ0v) is 17.0. The highest BCUT2D eigenvalue weighted by atomic mass is 32.2. The Morgan fingerprint density at radius 2 is 1.93 bits per heavy atom. The topological polar surface area (TPSA) is 114 Å². The van der Waals surface area contributed by atoms with E-state index in [0.717, 1.165) is 18.4 Å². The van der Waals surface area contributed by atoms with E-state index in [9.17, 15) is 13.2 Å². The highest BCUT2D eigenvalue weighted by molar-refractivity contribution is 7.89. The van der Waals surface area contributed by atoms with Crippen molar-refractivity contribution in [3.8, 4) is 11.5 Å². The van der Waals surface area contributed by atoms with Crippen LogP contribution in [0.4, 0.5) is 5.69 Å². The predicted molar refractivity (Wildman–Crippen MR) is 112 cm³/mol. The van der Waals surface area contributed by atoms with E-state index in [0.29, 0.717) is 22.7 Å². The van der Waals surface area contributed by atoms with Gasteiger partial charge in [0, 0.05) is 23.4 Å². The largest absolute Gasteiger partial charge is 0.423 e. The number of hydrogen-bond donors (Lipinski definition) is 2. The van der Waals surface area contributed by atoms with E-state index in [2.05, 4.69) is 20.2 Å². The SMILES string of the molecule is Cc1ccc(-c2nnco2)cc1NC(=O)/C=C/c1ccc(S(=O)(=O)NC2CC2)cc1. The fraction of sp³-hybridized carbons (Fsp3) is 0.190. The van der Waals surface area contributed by atoms with Crippen LogP contribution in [0.15, 0.2) is 64.2 Å². The van der Waals surface area contributed by atoms with Crippen LogP contribution < -0.4 is 10.0 Å². The number of nitrogens with one attached hydrogen (secondary N) is 2. The van der Waals surface area contributed by atoms with Crippen LogP contribution in [-0.2, 0) is 14.8 Å². The average Bonchev–Trinajstić information content (AvgIpc) is 3.35. The molecule has 2 aromatic carbocycles. The lowest BCUT2D eigenvalue weighted by Gasteiger charge is -2.08. The minimum absolute atomic E-state index is 0.0556. The number of rotatable bonds is 7. The summed E-state index contributed by atoms with van der Waals surface area (Å²) in [7, 11) is -3.48. The number of benzene rings is 2. The quantitative estimate of drug-likeness (QED) is 0.563. The van der Waals surface area contributed by atoms with Gasteiger partial charge in [-0.3, -0.25) is 4.79 Å². The van der Waals surface area contributed by atoms with Crippen molar-refractivity contribution in [1.29, 1.82) is 0 Å². The summed E-state index contributed by atoms with van der Waals surface area (Å²) in [4.78, 5) is 12.5. The van der Waals surface area contributed by atoms with Gasteiger partial charge in [0.25, 0.3) is 0 Å². The van der Waals surface area contributed by atoms with Gasteiger partial charge in [-0.15, -0.1) is 10.2 Å². The van der Waals surface area contributed by atoms with E-state index in [-0.39, 0.29) is 16.8 Å². The highest BCUT2D eigenvalue weighted by Gasteiger charge is 2.27. The second-order valence-corrected chi connectivity index (χ2v) is 8.77. The Labute approximate surface area is 174 Å². The predicted octanol–water partition coefficient (Wildman–Crippen LogP) is 3.14. The molecule has 0 unspecified atom stereocenters. The van der Waals surface area contributed by atoms with Crippen molar-refractivity contribution in [2.75, 3.05) is 5.32 Å². The number of hydrogen-bond acceptors (Lipinski definition) is 6. The van der Waals surface area contributed by atoms with Crippen molar-refractivity contribution in [3.63, 3.8) is 0 Å². The molecule has 0 saturated heterocycles. The summed E-state index contributed by atoms with van der Waals surface area (Å²) >= 11 is 0. The van der Waals surface area contributed by atoms with Crippen LogP contribution in [0.5, 0.6) is 0 Å². The number of carbonyl (C=O) groups is 1. The Morgan fingerprint density at radius 3 is 2.60 bits per heavy atom. The highest BCUT2D eigenvalue weighted by Crippen LogP contribution is 2.24. The van der Waals surface area contributed by atoms with Crippen molar-refractivity contribution >= 4 is 27.7 Å². The van der Waals surface area contributed by atoms with Crippen LogP contribution in [0.1, 0.15) is 24.0 Å². The van der Waals surface area contributed by atoms with Crippen LogP contribution in [0.2, 0.25) is 0 Å². The molecule has 0 aliphatic heterocycles. The van der Waals surface area contributed by atoms with E-state index in [1.54, 1.807) is 24.3 Å². The van der Waals surface area contributed by atoms with Crippen LogP contribution >= 0.6 is 0 Å². The first-order valence-electron chi connectivity index (χ1n) is 9.39. The smallest absolute Gasteiger partial charge is 0.248 e. The van der Waals surface area contributed by atoms with Gasteiger partial charge in [0.05, 0.1) is 4.90 Å². The van der Waals surface area contributed by atoms with E-state index in [1.807, 2.05) is 19.1 Å². The Balaban J connectivity index is 1.42. The van der Waals surface area contributed by atoms with Crippen LogP contribution in [0, 0.1) is 6.92 Å². The molecule has 30 heavy (non-hydrogen) atoms. The van der Waals surface area contributed by atoms with E-state index >= 15 is 0 Å². The van der Waals surface area contributed by atoms with Crippen LogP contribution in [0.3, 0.4) is 0 Å². The summed E-state index contributed by atoms with van der Waals surface area (Å²) in [5.41, 5.74) is 2.94. The molecule has 0 atom stereocenters. The monoisotopic (exact) mass is 424 g/mol. The van der Waals surface area contributed by atoms with Gasteiger partial charge in [-0.05, 0) is 61.2 Å². The van der Waals surface area contributed by atoms with Gasteiger partial charge in [-0.25, -0.2) is 13.1 Å². The number of nitrogens with zero attached hydrogens (tertiary/aromatic N) is 2. The van der Waals surface area contributed by atoms with Crippen LogP contribution in [-0.4, -0.2) is 30.6 Å². The van der Waals surface area contributed by atoms with Gasteiger partial charge < -0.3 is 9.73 Å². The van der Waals surface area contributed by atoms with E-state index in [4.69, 9.17) is 4.42 Å². The second-order valence-electron chi connectivity index (χ2n) is 7.06. The minimum atomic E-state index is -3.48. The fourth-order valence-corrected chi connectivity index (χ4v) is 4.09. The summed E-state index contributed by atoms with van der Waals surface area (Å²) in [6.45, 7) is 1.88. The van der Waals surface area contributed by atoms with E-state index < -0.39 is 10.0 Å². The molecule has 0 radical (unpaired) electrons. The molecule has 1 aliphatic carbocycles. The zero-order valence-electron chi connectivity index (χ0n) is 16.2. The van der Waals surface area contributed by atoms with Gasteiger partial charge in [-0.1, -0.05) is 18.2 Å². The summed E-state index contributed by atoms with van der Waals surface area (Å²) < 4.78 is 32.2. The molecule has 1 aromatic heterocycles. The number of sulfonamides is 1. The van der Waals surface area contributed by atoms with Crippen molar-refractivity contribution in [1.82, 2.24) is 14.9 Å². The molecule has 1 saturated carbocycles. The maximum atomic E-state index is 12.3. The third-order valence-corrected chi connectivity index (χ3v) is 6.16. The van der Waals surface area contributed by atoms with Crippen molar-refractivity contribution in [2.45, 2.75) is 30.7 Å². The number of amides is 1. The maximum Gasteiger partial charge on any atom is 0.248 e. The van der Waals surface area contributed by atoms with Crippen molar-refractivity contribution in [3.05, 3.63) is 66.1 Å². The first-order chi connectivity index (χ1) is 14.4. The average molecular weight is 424 g/mol. The lowest BCUT2D eigenvalue weighted by molar-refractivity contribution is -0.111. The standard InChI is InChI=1S/C21H20N4O4S/c1-14-2-6-16(21-24-22-13-29-21)12-19(14)23-20(26)11-5-15-3-9-18(10-4-15)30(27,28)25-17-7-8-17/h2-6,9-13,17,25H,7-8H2,1H3,(H,23,26)/b11-5+. The molecule has 1 aliphatic rings. The molecular formula is C21H20N4O4S. The molecule has 0 spiro atoms. The minimum Gasteiger partial charge on any atom is -0.423 e. The molecule has 8 nitrogen and oxygen atoms in total. The van der Waals surface area contributed by atoms with Crippen LogP contribution in [0.25, 0.3) is 17.5 Å². The molecule has 4 rings (SSSR count). The molecule has 9 heteroatoms. The summed E-state index contributed by atoms with van der Waals surface area (Å²) in [6, 6.07) is 11.9. The van der Waals surface area contributed by atoms with Gasteiger partial charge in [0.2, 0.25) is 28.2 Å². The summed E-state index contributed by atoms with van der Waals surface area (Å²) in [6.07, 6.45) is 6.02. The molecule has 0 bridgehead atoms. The summed E-state index contributed by atoms with van der Waals surface area (Å²) in [5.74, 6) is 0.0557. The first-order valence-corrected chi connectivity index (χ1v) is 10.9. The number of aromatic nitrogens is 2.